The second kappa shape index (κ2) is 2.83. The topological polar surface area (TPSA) is 28.7 Å². The fourth-order valence-corrected chi connectivity index (χ4v) is 1.92. The Hall–Kier alpha value is -0.960. The Morgan fingerprint density at radius 2 is 2.25 bits per heavy atom. The van der Waals surface area contributed by atoms with Gasteiger partial charge in [-0.3, -0.25) is 5.10 Å². The zero-order valence-electron chi connectivity index (χ0n) is 7.09. The van der Waals surface area contributed by atoms with E-state index in [1.54, 1.807) is 11.8 Å². The first kappa shape index (κ1) is 7.68. The molecule has 1 heterocycles. The van der Waals surface area contributed by atoms with E-state index in [-0.39, 0.29) is 0 Å². The first-order valence-electron chi connectivity index (χ1n) is 3.79. The molecular formula is C9H10N2S. The summed E-state index contributed by atoms with van der Waals surface area (Å²) in [6.45, 7) is 2.12. The van der Waals surface area contributed by atoms with Gasteiger partial charge in [0.25, 0.3) is 0 Å². The molecule has 1 aromatic heterocycles. The summed E-state index contributed by atoms with van der Waals surface area (Å²) in [5, 5.41) is 8.12. The highest BCUT2D eigenvalue weighted by Crippen LogP contribution is 2.24. The minimum Gasteiger partial charge on any atom is -0.278 e. The average Bonchev–Trinajstić information content (AvgIpc) is 2.49. The van der Waals surface area contributed by atoms with Crippen LogP contribution in [0.15, 0.2) is 23.2 Å². The molecule has 2 rings (SSSR count). The molecule has 2 nitrogen and oxygen atoms in total. The van der Waals surface area contributed by atoms with E-state index in [0.29, 0.717) is 0 Å². The number of nitrogens with one attached hydrogen (secondary N) is 1. The van der Waals surface area contributed by atoms with Crippen molar-refractivity contribution in [3.63, 3.8) is 0 Å². The number of aromatic nitrogens is 2. The van der Waals surface area contributed by atoms with Crippen LogP contribution >= 0.6 is 11.8 Å². The fourth-order valence-electron chi connectivity index (χ4n) is 1.30. The number of hydrogen-bond acceptors (Lipinski definition) is 2. The van der Waals surface area contributed by atoms with Gasteiger partial charge in [-0.25, -0.2) is 0 Å². The van der Waals surface area contributed by atoms with Crippen molar-refractivity contribution in [2.75, 3.05) is 6.26 Å². The molecule has 0 spiro atoms. The van der Waals surface area contributed by atoms with Gasteiger partial charge < -0.3 is 0 Å². The van der Waals surface area contributed by atoms with E-state index in [0.717, 1.165) is 5.52 Å². The molecule has 12 heavy (non-hydrogen) atoms. The highest BCUT2D eigenvalue weighted by molar-refractivity contribution is 7.98. The van der Waals surface area contributed by atoms with Gasteiger partial charge in [0.15, 0.2) is 0 Å². The highest BCUT2D eigenvalue weighted by atomic mass is 32.2. The molecule has 0 radical (unpaired) electrons. The van der Waals surface area contributed by atoms with Crippen molar-refractivity contribution in [1.29, 1.82) is 0 Å². The van der Waals surface area contributed by atoms with Gasteiger partial charge in [0.2, 0.25) is 0 Å². The van der Waals surface area contributed by atoms with E-state index in [2.05, 4.69) is 35.5 Å². The summed E-state index contributed by atoms with van der Waals surface area (Å²) in [5.41, 5.74) is 2.42. The van der Waals surface area contributed by atoms with Gasteiger partial charge in [-0.2, -0.15) is 5.10 Å². The van der Waals surface area contributed by atoms with E-state index < -0.39 is 0 Å². The molecule has 1 aromatic carbocycles. The number of benzene rings is 1. The maximum absolute atomic E-state index is 3.98. The molecule has 0 aliphatic rings. The number of aryl methyl sites for hydroxylation is 1. The zero-order valence-corrected chi connectivity index (χ0v) is 7.90. The summed E-state index contributed by atoms with van der Waals surface area (Å²) in [6.07, 6.45) is 3.95. The first-order chi connectivity index (χ1) is 5.81. The van der Waals surface area contributed by atoms with Crippen LogP contribution < -0.4 is 0 Å². The lowest BCUT2D eigenvalue weighted by Crippen LogP contribution is -1.78. The molecule has 0 bridgehead atoms. The molecule has 0 unspecified atom stereocenters. The minimum atomic E-state index is 1.12. The van der Waals surface area contributed by atoms with Crippen LogP contribution in [0.2, 0.25) is 0 Å². The number of H-pyrrole nitrogens is 1. The van der Waals surface area contributed by atoms with E-state index >= 15 is 0 Å². The van der Waals surface area contributed by atoms with Gasteiger partial charge in [-0.1, -0.05) is 0 Å². The van der Waals surface area contributed by atoms with Crippen molar-refractivity contribution in [3.8, 4) is 0 Å². The van der Waals surface area contributed by atoms with Crippen LogP contribution in [0.4, 0.5) is 0 Å². The maximum atomic E-state index is 3.98. The maximum Gasteiger partial charge on any atom is 0.0653 e. The highest BCUT2D eigenvalue weighted by Gasteiger charge is 2.00. The molecular weight excluding hydrogens is 168 g/mol. The fraction of sp³-hybridized carbons (Fsp3) is 0.222. The number of nitrogens with zero attached hydrogens (tertiary/aromatic N) is 1. The summed E-state index contributed by atoms with van der Waals surface area (Å²) in [6, 6.07) is 4.30. The monoisotopic (exact) mass is 178 g/mol. The van der Waals surface area contributed by atoms with Crippen LogP contribution in [-0.4, -0.2) is 16.5 Å². The lowest BCUT2D eigenvalue weighted by atomic mass is 10.2. The molecule has 3 heteroatoms. The van der Waals surface area contributed by atoms with E-state index in [9.17, 15) is 0 Å². The van der Waals surface area contributed by atoms with Crippen molar-refractivity contribution in [1.82, 2.24) is 10.2 Å². The van der Waals surface area contributed by atoms with Crippen LogP contribution in [0.3, 0.4) is 0 Å². The molecule has 0 saturated heterocycles. The van der Waals surface area contributed by atoms with Crippen molar-refractivity contribution in [2.45, 2.75) is 11.8 Å². The SMILES string of the molecule is CSc1cc2cn[nH]c2cc1C. The van der Waals surface area contributed by atoms with Gasteiger partial charge >= 0.3 is 0 Å². The second-order valence-electron chi connectivity index (χ2n) is 2.78. The van der Waals surface area contributed by atoms with E-state index in [4.69, 9.17) is 0 Å². The minimum absolute atomic E-state index is 1.12. The van der Waals surface area contributed by atoms with Gasteiger partial charge in [-0.05, 0) is 30.9 Å². The third-order valence-electron chi connectivity index (χ3n) is 1.96. The Labute approximate surface area is 75.4 Å². The van der Waals surface area contributed by atoms with Gasteiger partial charge in [-0.15, -0.1) is 11.8 Å². The molecule has 0 aliphatic carbocycles. The number of aromatic amines is 1. The summed E-state index contributed by atoms with van der Waals surface area (Å²) in [4.78, 5) is 1.32. The van der Waals surface area contributed by atoms with Crippen LogP contribution in [0.25, 0.3) is 10.9 Å². The Morgan fingerprint density at radius 3 is 3.00 bits per heavy atom. The summed E-state index contributed by atoms with van der Waals surface area (Å²) in [7, 11) is 0. The normalized spacial score (nSPS) is 10.8. The zero-order chi connectivity index (χ0) is 8.55. The molecule has 0 fully saturated rings. The summed E-state index contributed by atoms with van der Waals surface area (Å²) < 4.78 is 0. The Balaban J connectivity index is 2.73. The van der Waals surface area contributed by atoms with Crippen molar-refractivity contribution < 1.29 is 0 Å². The Kier molecular flexibility index (Phi) is 1.81. The summed E-state index contributed by atoms with van der Waals surface area (Å²) in [5.74, 6) is 0. The third-order valence-corrected chi connectivity index (χ3v) is 2.84. The standard InChI is InChI=1S/C9H10N2S/c1-6-3-8-7(5-10-11-8)4-9(6)12-2/h3-5H,1-2H3,(H,10,11). The predicted octanol–water partition coefficient (Wildman–Crippen LogP) is 2.59. The Morgan fingerprint density at radius 1 is 1.42 bits per heavy atom. The van der Waals surface area contributed by atoms with Crippen LogP contribution in [0.5, 0.6) is 0 Å². The predicted molar refractivity (Wildman–Crippen MR) is 52.6 cm³/mol. The number of fused-ring (bicyclic) bond motifs is 1. The number of rotatable bonds is 1. The van der Waals surface area contributed by atoms with Crippen molar-refractivity contribution in [3.05, 3.63) is 23.9 Å². The van der Waals surface area contributed by atoms with Crippen molar-refractivity contribution in [2.24, 2.45) is 0 Å². The lowest BCUT2D eigenvalue weighted by Gasteiger charge is -2.00. The Bertz CT molecular complexity index is 406. The molecule has 1 N–H and O–H groups in total. The van der Waals surface area contributed by atoms with E-state index in [1.165, 1.54) is 15.8 Å². The van der Waals surface area contributed by atoms with Crippen LogP contribution in [-0.2, 0) is 0 Å². The largest absolute Gasteiger partial charge is 0.278 e. The molecule has 0 amide bonds. The molecule has 0 atom stereocenters. The van der Waals surface area contributed by atoms with Gasteiger partial charge in [0, 0.05) is 10.3 Å². The van der Waals surface area contributed by atoms with Crippen LogP contribution in [0, 0.1) is 6.92 Å². The van der Waals surface area contributed by atoms with Gasteiger partial charge in [0.05, 0.1) is 11.7 Å². The quantitative estimate of drug-likeness (QED) is 0.680. The molecule has 0 aliphatic heterocycles. The van der Waals surface area contributed by atoms with Gasteiger partial charge in [0.1, 0.15) is 0 Å². The molecule has 62 valence electrons. The number of hydrogen-bond donors (Lipinski definition) is 1. The number of thioether (sulfide) groups is 1. The molecule has 0 saturated carbocycles. The van der Waals surface area contributed by atoms with Crippen molar-refractivity contribution >= 4 is 22.7 Å². The first-order valence-corrected chi connectivity index (χ1v) is 5.01. The average molecular weight is 178 g/mol. The van der Waals surface area contributed by atoms with E-state index in [1.807, 2.05) is 6.20 Å². The van der Waals surface area contributed by atoms with Crippen LogP contribution in [0.1, 0.15) is 5.56 Å². The smallest absolute Gasteiger partial charge is 0.0653 e. The summed E-state index contributed by atoms with van der Waals surface area (Å²) >= 11 is 1.77. The third kappa shape index (κ3) is 1.10. The molecule has 2 aromatic rings. The second-order valence-corrected chi connectivity index (χ2v) is 3.63. The lowest BCUT2D eigenvalue weighted by molar-refractivity contribution is 1.12.